The molecule has 27 heavy (non-hydrogen) atoms. The van der Waals surface area contributed by atoms with Crippen molar-refractivity contribution < 1.29 is 18.4 Å². The van der Waals surface area contributed by atoms with Gasteiger partial charge in [0.1, 0.15) is 11.6 Å². The van der Waals surface area contributed by atoms with Crippen LogP contribution in [0, 0.1) is 11.6 Å². The Morgan fingerprint density at radius 1 is 1.07 bits per heavy atom. The maximum absolute atomic E-state index is 13.7. The van der Waals surface area contributed by atoms with Gasteiger partial charge in [0.05, 0.1) is 18.3 Å². The van der Waals surface area contributed by atoms with Gasteiger partial charge in [0.25, 0.3) is 0 Å². The first-order chi connectivity index (χ1) is 12.9. The summed E-state index contributed by atoms with van der Waals surface area (Å²) in [6.45, 7) is 6.57. The molecule has 2 fully saturated rings. The Kier molecular flexibility index (Phi) is 6.38. The Labute approximate surface area is 158 Å². The van der Waals surface area contributed by atoms with E-state index in [4.69, 9.17) is 0 Å². The molecule has 2 heterocycles. The zero-order chi connectivity index (χ0) is 19.4. The average molecular weight is 380 g/mol. The molecular formula is C19H26F2N4O2. The van der Waals surface area contributed by atoms with Crippen molar-refractivity contribution in [1.82, 2.24) is 14.7 Å². The topological polar surface area (TPSA) is 55.9 Å². The van der Waals surface area contributed by atoms with Gasteiger partial charge in [-0.05, 0) is 31.9 Å². The van der Waals surface area contributed by atoms with E-state index in [1.807, 2.05) is 9.80 Å². The van der Waals surface area contributed by atoms with E-state index in [1.54, 1.807) is 6.92 Å². The van der Waals surface area contributed by atoms with Crippen LogP contribution in [0.15, 0.2) is 18.2 Å². The van der Waals surface area contributed by atoms with Gasteiger partial charge in [-0.3, -0.25) is 19.4 Å². The van der Waals surface area contributed by atoms with Crippen molar-refractivity contribution in [3.05, 3.63) is 29.8 Å². The molecule has 3 rings (SSSR count). The third-order valence-corrected chi connectivity index (χ3v) is 5.34. The molecule has 1 unspecified atom stereocenters. The first-order valence-corrected chi connectivity index (χ1v) is 9.44. The number of anilines is 1. The monoisotopic (exact) mass is 380 g/mol. The summed E-state index contributed by atoms with van der Waals surface area (Å²) in [6.07, 6.45) is 2.16. The van der Waals surface area contributed by atoms with Crippen molar-refractivity contribution in [2.24, 2.45) is 0 Å². The Hall–Kier alpha value is -2.06. The molecule has 6 nitrogen and oxygen atoms in total. The lowest BCUT2D eigenvalue weighted by atomic mass is 10.2. The minimum atomic E-state index is -0.665. The van der Waals surface area contributed by atoms with Crippen LogP contribution in [-0.4, -0.2) is 78.4 Å². The van der Waals surface area contributed by atoms with E-state index in [-0.39, 0.29) is 17.5 Å². The first-order valence-electron chi connectivity index (χ1n) is 9.44. The molecule has 0 bridgehead atoms. The van der Waals surface area contributed by atoms with Crippen molar-refractivity contribution >= 4 is 17.5 Å². The zero-order valence-electron chi connectivity index (χ0n) is 15.6. The predicted octanol–water partition coefficient (Wildman–Crippen LogP) is 1.53. The Balaban J connectivity index is 1.47. The van der Waals surface area contributed by atoms with Crippen molar-refractivity contribution in [1.29, 1.82) is 0 Å². The number of hydrogen-bond donors (Lipinski definition) is 1. The van der Waals surface area contributed by atoms with Crippen LogP contribution >= 0.6 is 0 Å². The molecule has 0 aromatic heterocycles. The number of carbonyl (C=O) groups excluding carboxylic acids is 2. The second-order valence-corrected chi connectivity index (χ2v) is 7.19. The molecular weight excluding hydrogens is 354 g/mol. The first kappa shape index (κ1) is 19.7. The third kappa shape index (κ3) is 5.01. The van der Waals surface area contributed by atoms with Gasteiger partial charge in [0.2, 0.25) is 11.8 Å². The molecule has 1 aromatic carbocycles. The fourth-order valence-corrected chi connectivity index (χ4v) is 3.56. The van der Waals surface area contributed by atoms with Crippen LogP contribution in [0.3, 0.4) is 0 Å². The lowest BCUT2D eigenvalue weighted by Gasteiger charge is -2.37. The molecule has 0 radical (unpaired) electrons. The highest BCUT2D eigenvalue weighted by molar-refractivity contribution is 5.94. The SMILES string of the molecule is CC(C(=O)Nc1cc(F)ccc1F)N1CCN(CC(=O)N2CCCC2)CC1. The fourth-order valence-electron chi connectivity index (χ4n) is 3.56. The molecule has 1 N–H and O–H groups in total. The van der Waals surface area contributed by atoms with Gasteiger partial charge in [0, 0.05) is 45.3 Å². The number of amides is 2. The predicted molar refractivity (Wildman–Crippen MR) is 98.3 cm³/mol. The number of likely N-dealkylation sites (tertiary alicyclic amines) is 1. The fraction of sp³-hybridized carbons (Fsp3) is 0.579. The van der Waals surface area contributed by atoms with Crippen molar-refractivity contribution in [3.63, 3.8) is 0 Å². The maximum atomic E-state index is 13.7. The summed E-state index contributed by atoms with van der Waals surface area (Å²) in [5, 5.41) is 2.46. The van der Waals surface area contributed by atoms with Crippen LogP contribution in [0.4, 0.5) is 14.5 Å². The van der Waals surface area contributed by atoms with Crippen LogP contribution in [-0.2, 0) is 9.59 Å². The Morgan fingerprint density at radius 2 is 1.74 bits per heavy atom. The van der Waals surface area contributed by atoms with Crippen LogP contribution < -0.4 is 5.32 Å². The maximum Gasteiger partial charge on any atom is 0.241 e. The lowest BCUT2D eigenvalue weighted by molar-refractivity contribution is -0.132. The number of rotatable bonds is 5. The van der Waals surface area contributed by atoms with Crippen molar-refractivity contribution in [3.8, 4) is 0 Å². The van der Waals surface area contributed by atoms with E-state index in [9.17, 15) is 18.4 Å². The number of hydrogen-bond acceptors (Lipinski definition) is 4. The number of carbonyl (C=O) groups is 2. The Morgan fingerprint density at radius 3 is 2.41 bits per heavy atom. The van der Waals surface area contributed by atoms with E-state index < -0.39 is 17.7 Å². The van der Waals surface area contributed by atoms with Crippen LogP contribution in [0.1, 0.15) is 19.8 Å². The van der Waals surface area contributed by atoms with Crippen LogP contribution in [0.5, 0.6) is 0 Å². The highest BCUT2D eigenvalue weighted by atomic mass is 19.1. The second-order valence-electron chi connectivity index (χ2n) is 7.19. The van der Waals surface area contributed by atoms with E-state index in [2.05, 4.69) is 10.2 Å². The number of piperazine rings is 1. The van der Waals surface area contributed by atoms with Gasteiger partial charge >= 0.3 is 0 Å². The summed E-state index contributed by atoms with van der Waals surface area (Å²) in [5.41, 5.74) is -0.151. The zero-order valence-corrected chi connectivity index (χ0v) is 15.6. The van der Waals surface area contributed by atoms with E-state index >= 15 is 0 Å². The van der Waals surface area contributed by atoms with E-state index in [0.717, 1.165) is 44.1 Å². The van der Waals surface area contributed by atoms with Gasteiger partial charge in [-0.15, -0.1) is 0 Å². The Bertz CT molecular complexity index is 686. The molecule has 2 aliphatic heterocycles. The van der Waals surface area contributed by atoms with Crippen molar-refractivity contribution in [2.45, 2.75) is 25.8 Å². The standard InChI is InChI=1S/C19H26F2N4O2/c1-14(19(27)22-17-12-15(20)4-5-16(17)21)24-10-8-23(9-11-24)13-18(26)25-6-2-3-7-25/h4-5,12,14H,2-3,6-11,13H2,1H3,(H,22,27). The summed E-state index contributed by atoms with van der Waals surface area (Å²) in [7, 11) is 0. The molecule has 2 saturated heterocycles. The largest absolute Gasteiger partial charge is 0.342 e. The highest BCUT2D eigenvalue weighted by Gasteiger charge is 2.28. The van der Waals surface area contributed by atoms with Crippen LogP contribution in [0.2, 0.25) is 0 Å². The number of halogens is 2. The second kappa shape index (κ2) is 8.75. The van der Waals surface area contributed by atoms with Crippen molar-refractivity contribution in [2.75, 3.05) is 51.1 Å². The lowest BCUT2D eigenvalue weighted by Crippen LogP contribution is -2.54. The van der Waals surface area contributed by atoms with Gasteiger partial charge in [-0.2, -0.15) is 0 Å². The quantitative estimate of drug-likeness (QED) is 0.842. The minimum Gasteiger partial charge on any atom is -0.342 e. The summed E-state index contributed by atoms with van der Waals surface area (Å²) < 4.78 is 26.9. The number of benzene rings is 1. The average Bonchev–Trinajstić information content (AvgIpc) is 3.19. The smallest absolute Gasteiger partial charge is 0.241 e. The van der Waals surface area contributed by atoms with E-state index in [1.165, 1.54) is 0 Å². The molecule has 2 aliphatic rings. The molecule has 148 valence electrons. The number of nitrogens with zero attached hydrogens (tertiary/aromatic N) is 3. The molecule has 1 aromatic rings. The molecule has 2 amide bonds. The highest BCUT2D eigenvalue weighted by Crippen LogP contribution is 2.17. The molecule has 0 aliphatic carbocycles. The van der Waals surface area contributed by atoms with Gasteiger partial charge in [0.15, 0.2) is 0 Å². The van der Waals surface area contributed by atoms with Crippen LogP contribution in [0.25, 0.3) is 0 Å². The summed E-state index contributed by atoms with van der Waals surface area (Å²) in [6, 6.07) is 2.51. The van der Waals surface area contributed by atoms with Gasteiger partial charge in [-0.25, -0.2) is 8.78 Å². The van der Waals surface area contributed by atoms with E-state index in [0.29, 0.717) is 32.7 Å². The van der Waals surface area contributed by atoms with Gasteiger partial charge in [-0.1, -0.05) is 0 Å². The minimum absolute atomic E-state index is 0.151. The molecule has 0 saturated carbocycles. The summed E-state index contributed by atoms with van der Waals surface area (Å²) in [4.78, 5) is 30.6. The number of nitrogens with one attached hydrogen (secondary N) is 1. The molecule has 8 heteroatoms. The molecule has 1 atom stereocenters. The molecule has 0 spiro atoms. The summed E-state index contributed by atoms with van der Waals surface area (Å²) in [5.74, 6) is -1.47. The summed E-state index contributed by atoms with van der Waals surface area (Å²) >= 11 is 0. The normalized spacial score (nSPS) is 19.9. The van der Waals surface area contributed by atoms with Gasteiger partial charge < -0.3 is 10.2 Å². The third-order valence-electron chi connectivity index (χ3n) is 5.34.